The standard InChI is InChI=1S/C16H23N3/c1-18-9-7-16(8-10-18)13-19(2)12-15-5-3-14(11-17)4-6-15/h3-6,16H,7-10,12-13H2,1-2H3. The molecule has 102 valence electrons. The highest BCUT2D eigenvalue weighted by Crippen LogP contribution is 2.17. The molecule has 0 N–H and O–H groups in total. The predicted octanol–water partition coefficient (Wildman–Crippen LogP) is 2.33. The van der Waals surface area contributed by atoms with Crippen molar-refractivity contribution in [1.29, 1.82) is 5.26 Å². The number of hydrogen-bond acceptors (Lipinski definition) is 3. The molecule has 0 atom stereocenters. The van der Waals surface area contributed by atoms with Gasteiger partial charge in [0.15, 0.2) is 0 Å². The molecule has 0 amide bonds. The molecule has 3 heteroatoms. The highest BCUT2D eigenvalue weighted by molar-refractivity contribution is 5.31. The number of rotatable bonds is 4. The Balaban J connectivity index is 1.80. The van der Waals surface area contributed by atoms with E-state index in [1.165, 1.54) is 38.0 Å². The summed E-state index contributed by atoms with van der Waals surface area (Å²) >= 11 is 0. The molecule has 1 aromatic rings. The summed E-state index contributed by atoms with van der Waals surface area (Å²) in [4.78, 5) is 4.81. The monoisotopic (exact) mass is 257 g/mol. The molecule has 1 aliphatic heterocycles. The molecular weight excluding hydrogens is 234 g/mol. The predicted molar refractivity (Wildman–Crippen MR) is 77.7 cm³/mol. The molecule has 0 unspecified atom stereocenters. The Morgan fingerprint density at radius 2 is 1.89 bits per heavy atom. The first kappa shape index (κ1) is 14.0. The van der Waals surface area contributed by atoms with E-state index in [9.17, 15) is 0 Å². The molecule has 0 spiro atoms. The molecule has 1 aliphatic rings. The van der Waals surface area contributed by atoms with E-state index in [0.717, 1.165) is 18.0 Å². The van der Waals surface area contributed by atoms with Crippen LogP contribution in [-0.2, 0) is 6.54 Å². The van der Waals surface area contributed by atoms with Gasteiger partial charge < -0.3 is 9.80 Å². The second kappa shape index (κ2) is 6.70. The first-order valence-corrected chi connectivity index (χ1v) is 7.03. The molecule has 1 fully saturated rings. The van der Waals surface area contributed by atoms with Crippen LogP contribution in [0.15, 0.2) is 24.3 Å². The van der Waals surface area contributed by atoms with E-state index in [-0.39, 0.29) is 0 Å². The van der Waals surface area contributed by atoms with Gasteiger partial charge in [-0.1, -0.05) is 12.1 Å². The Labute approximate surface area is 116 Å². The molecular formula is C16H23N3. The van der Waals surface area contributed by atoms with E-state index >= 15 is 0 Å². The van der Waals surface area contributed by atoms with Gasteiger partial charge in [-0.3, -0.25) is 0 Å². The smallest absolute Gasteiger partial charge is 0.0991 e. The van der Waals surface area contributed by atoms with Crippen LogP contribution in [0.4, 0.5) is 0 Å². The third-order valence-electron chi connectivity index (χ3n) is 3.94. The molecule has 2 rings (SSSR count). The molecule has 1 saturated heterocycles. The zero-order chi connectivity index (χ0) is 13.7. The summed E-state index contributed by atoms with van der Waals surface area (Å²) in [6.07, 6.45) is 2.63. The molecule has 1 heterocycles. The topological polar surface area (TPSA) is 30.3 Å². The quantitative estimate of drug-likeness (QED) is 0.829. The molecule has 0 radical (unpaired) electrons. The van der Waals surface area contributed by atoms with Crippen molar-refractivity contribution in [3.63, 3.8) is 0 Å². The number of hydrogen-bond donors (Lipinski definition) is 0. The van der Waals surface area contributed by atoms with E-state index in [4.69, 9.17) is 5.26 Å². The van der Waals surface area contributed by atoms with Crippen LogP contribution in [-0.4, -0.2) is 43.5 Å². The van der Waals surface area contributed by atoms with Gasteiger partial charge in [0.05, 0.1) is 11.6 Å². The summed E-state index contributed by atoms with van der Waals surface area (Å²) in [5.41, 5.74) is 2.02. The Morgan fingerprint density at radius 1 is 1.26 bits per heavy atom. The van der Waals surface area contributed by atoms with Gasteiger partial charge in [0.25, 0.3) is 0 Å². The fourth-order valence-electron chi connectivity index (χ4n) is 2.75. The summed E-state index contributed by atoms with van der Waals surface area (Å²) in [7, 11) is 4.40. The fraction of sp³-hybridized carbons (Fsp3) is 0.562. The summed E-state index contributed by atoms with van der Waals surface area (Å²) in [5, 5.41) is 8.78. The summed E-state index contributed by atoms with van der Waals surface area (Å²) < 4.78 is 0. The maximum Gasteiger partial charge on any atom is 0.0991 e. The van der Waals surface area contributed by atoms with E-state index < -0.39 is 0 Å². The number of piperidine rings is 1. The highest BCUT2D eigenvalue weighted by Gasteiger charge is 2.17. The molecule has 1 aromatic carbocycles. The van der Waals surface area contributed by atoms with E-state index in [2.05, 4.69) is 42.1 Å². The van der Waals surface area contributed by atoms with Crippen molar-refractivity contribution in [2.75, 3.05) is 33.7 Å². The van der Waals surface area contributed by atoms with Gasteiger partial charge in [-0.2, -0.15) is 5.26 Å². The molecule has 3 nitrogen and oxygen atoms in total. The van der Waals surface area contributed by atoms with Crippen LogP contribution < -0.4 is 0 Å². The van der Waals surface area contributed by atoms with Crippen LogP contribution >= 0.6 is 0 Å². The van der Waals surface area contributed by atoms with Crippen molar-refractivity contribution in [2.45, 2.75) is 19.4 Å². The van der Waals surface area contributed by atoms with Crippen molar-refractivity contribution >= 4 is 0 Å². The maximum atomic E-state index is 8.78. The van der Waals surface area contributed by atoms with Crippen LogP contribution in [0.1, 0.15) is 24.0 Å². The summed E-state index contributed by atoms with van der Waals surface area (Å²) in [6.45, 7) is 4.61. The van der Waals surface area contributed by atoms with Gasteiger partial charge >= 0.3 is 0 Å². The Hall–Kier alpha value is -1.37. The van der Waals surface area contributed by atoms with Crippen molar-refractivity contribution in [3.05, 3.63) is 35.4 Å². The molecule has 0 saturated carbocycles. The van der Waals surface area contributed by atoms with E-state index in [0.29, 0.717) is 0 Å². The van der Waals surface area contributed by atoms with Crippen molar-refractivity contribution in [3.8, 4) is 6.07 Å². The lowest BCUT2D eigenvalue weighted by Gasteiger charge is -2.31. The molecule has 0 aromatic heterocycles. The van der Waals surface area contributed by atoms with Crippen LogP contribution in [0, 0.1) is 17.2 Å². The Morgan fingerprint density at radius 3 is 2.47 bits per heavy atom. The Kier molecular flexibility index (Phi) is 4.95. The summed E-state index contributed by atoms with van der Waals surface area (Å²) in [6, 6.07) is 10.1. The van der Waals surface area contributed by atoms with Crippen LogP contribution in [0.2, 0.25) is 0 Å². The normalized spacial score (nSPS) is 17.6. The van der Waals surface area contributed by atoms with Gasteiger partial charge in [-0.05, 0) is 63.6 Å². The molecule has 0 aliphatic carbocycles. The van der Waals surface area contributed by atoms with Gasteiger partial charge in [-0.25, -0.2) is 0 Å². The third-order valence-corrected chi connectivity index (χ3v) is 3.94. The van der Waals surface area contributed by atoms with E-state index in [1.54, 1.807) is 0 Å². The van der Waals surface area contributed by atoms with Crippen LogP contribution in [0.3, 0.4) is 0 Å². The lowest BCUT2D eigenvalue weighted by molar-refractivity contribution is 0.173. The van der Waals surface area contributed by atoms with Gasteiger partial charge in [0, 0.05) is 13.1 Å². The minimum Gasteiger partial charge on any atom is -0.306 e. The largest absolute Gasteiger partial charge is 0.306 e. The SMILES string of the molecule is CN1CCC(CN(C)Cc2ccc(C#N)cc2)CC1. The van der Waals surface area contributed by atoms with Crippen molar-refractivity contribution in [1.82, 2.24) is 9.80 Å². The highest BCUT2D eigenvalue weighted by atomic mass is 15.1. The summed E-state index contributed by atoms with van der Waals surface area (Å²) in [5.74, 6) is 0.833. The van der Waals surface area contributed by atoms with E-state index in [1.807, 2.05) is 12.1 Å². The van der Waals surface area contributed by atoms with Gasteiger partial charge in [-0.15, -0.1) is 0 Å². The number of nitrogens with zero attached hydrogens (tertiary/aromatic N) is 3. The minimum atomic E-state index is 0.738. The van der Waals surface area contributed by atoms with Gasteiger partial charge in [0.1, 0.15) is 0 Å². The lowest BCUT2D eigenvalue weighted by Crippen LogP contribution is -2.35. The lowest BCUT2D eigenvalue weighted by atomic mass is 9.96. The zero-order valence-corrected chi connectivity index (χ0v) is 12.0. The molecule has 0 bridgehead atoms. The second-order valence-corrected chi connectivity index (χ2v) is 5.75. The first-order valence-electron chi connectivity index (χ1n) is 7.03. The average Bonchev–Trinajstić information content (AvgIpc) is 2.42. The third kappa shape index (κ3) is 4.34. The van der Waals surface area contributed by atoms with Crippen LogP contribution in [0.25, 0.3) is 0 Å². The van der Waals surface area contributed by atoms with Crippen molar-refractivity contribution < 1.29 is 0 Å². The number of nitriles is 1. The fourth-order valence-corrected chi connectivity index (χ4v) is 2.75. The first-order chi connectivity index (χ1) is 9.17. The minimum absolute atomic E-state index is 0.738. The van der Waals surface area contributed by atoms with Crippen LogP contribution in [0.5, 0.6) is 0 Å². The maximum absolute atomic E-state index is 8.78. The zero-order valence-electron chi connectivity index (χ0n) is 12.0. The van der Waals surface area contributed by atoms with Gasteiger partial charge in [0.2, 0.25) is 0 Å². The molecule has 19 heavy (non-hydrogen) atoms. The van der Waals surface area contributed by atoms with Crippen molar-refractivity contribution in [2.24, 2.45) is 5.92 Å². The second-order valence-electron chi connectivity index (χ2n) is 5.75. The average molecular weight is 257 g/mol. The Bertz CT molecular complexity index is 424. The number of likely N-dealkylation sites (tertiary alicyclic amines) is 1. The number of benzene rings is 1.